The highest BCUT2D eigenvalue weighted by molar-refractivity contribution is 9.10. The van der Waals surface area contributed by atoms with Crippen molar-refractivity contribution in [1.82, 2.24) is 4.90 Å². The van der Waals surface area contributed by atoms with Gasteiger partial charge in [-0.15, -0.1) is 0 Å². The maximum atomic E-state index is 12.2. The van der Waals surface area contributed by atoms with Crippen molar-refractivity contribution in [2.45, 2.75) is 13.8 Å². The maximum absolute atomic E-state index is 12.2. The number of nitrogens with zero attached hydrogens (tertiary/aromatic N) is 1. The number of hydrogen-bond donors (Lipinski definition) is 1. The molecule has 0 aliphatic heterocycles. The predicted octanol–water partition coefficient (Wildman–Crippen LogP) is 4.18. The first-order valence-corrected chi connectivity index (χ1v) is 8.71. The smallest absolute Gasteiger partial charge is 0.246 e. The normalized spacial score (nSPS) is 10.7. The van der Waals surface area contributed by atoms with Crippen LogP contribution in [0, 0.1) is 13.8 Å². The number of benzene rings is 2. The number of likely N-dealkylation sites (N-methyl/N-ethyl adjacent to an activating group) is 1. The van der Waals surface area contributed by atoms with Gasteiger partial charge in [-0.25, -0.2) is 0 Å². The fourth-order valence-corrected chi connectivity index (χ4v) is 2.50. The molecule has 2 rings (SSSR count). The van der Waals surface area contributed by atoms with Crippen molar-refractivity contribution in [2.24, 2.45) is 0 Å². The summed E-state index contributed by atoms with van der Waals surface area (Å²) in [6.07, 6.45) is 3.20. The number of nitrogens with one attached hydrogen (secondary N) is 1. The second kappa shape index (κ2) is 8.62. The topological polar surface area (TPSA) is 49.4 Å². The first-order valence-electron chi connectivity index (χ1n) is 7.91. The van der Waals surface area contributed by atoms with Gasteiger partial charge in [0.15, 0.2) is 0 Å². The Bertz CT molecular complexity index is 798. The predicted molar refractivity (Wildman–Crippen MR) is 105 cm³/mol. The molecule has 0 unspecified atom stereocenters. The van der Waals surface area contributed by atoms with E-state index in [0.29, 0.717) is 0 Å². The van der Waals surface area contributed by atoms with Gasteiger partial charge >= 0.3 is 0 Å². The molecule has 25 heavy (non-hydrogen) atoms. The lowest BCUT2D eigenvalue weighted by atomic mass is 10.1. The van der Waals surface area contributed by atoms with Crippen LogP contribution in [0.15, 0.2) is 53.0 Å². The molecule has 0 radical (unpaired) electrons. The van der Waals surface area contributed by atoms with Crippen molar-refractivity contribution in [3.8, 4) is 0 Å². The highest BCUT2D eigenvalue weighted by Crippen LogP contribution is 2.17. The summed E-state index contributed by atoms with van der Waals surface area (Å²) in [5.41, 5.74) is 3.83. The monoisotopic (exact) mass is 400 g/mol. The van der Waals surface area contributed by atoms with Crippen molar-refractivity contribution >= 4 is 39.5 Å². The Balaban J connectivity index is 1.92. The van der Waals surface area contributed by atoms with E-state index in [1.54, 1.807) is 13.1 Å². The molecule has 0 aromatic heterocycles. The van der Waals surface area contributed by atoms with Crippen LogP contribution in [0.2, 0.25) is 0 Å². The third-order valence-electron chi connectivity index (χ3n) is 3.92. The molecular weight excluding hydrogens is 380 g/mol. The lowest BCUT2D eigenvalue weighted by Crippen LogP contribution is -2.34. The zero-order valence-electron chi connectivity index (χ0n) is 14.5. The minimum Gasteiger partial charge on any atom is -0.333 e. The number of anilines is 1. The fourth-order valence-electron chi connectivity index (χ4n) is 2.24. The Morgan fingerprint density at radius 3 is 2.48 bits per heavy atom. The molecule has 2 aromatic carbocycles. The van der Waals surface area contributed by atoms with E-state index in [9.17, 15) is 9.59 Å². The van der Waals surface area contributed by atoms with E-state index in [2.05, 4.69) is 21.2 Å². The number of aryl methyl sites for hydroxylation is 1. The van der Waals surface area contributed by atoms with Gasteiger partial charge in [-0.1, -0.05) is 40.2 Å². The first kappa shape index (κ1) is 18.9. The zero-order chi connectivity index (χ0) is 18.4. The Kier molecular flexibility index (Phi) is 6.53. The standard InChI is InChI=1S/C20H21BrN2O2/c1-14-5-4-6-18(15(14)2)22-19(24)13-23(3)20(25)12-9-16-7-10-17(21)11-8-16/h4-12H,13H2,1-3H3,(H,22,24)/b12-9+. The molecule has 1 N–H and O–H groups in total. The molecule has 4 nitrogen and oxygen atoms in total. The first-order chi connectivity index (χ1) is 11.9. The zero-order valence-corrected chi connectivity index (χ0v) is 16.1. The second-order valence-electron chi connectivity index (χ2n) is 5.87. The van der Waals surface area contributed by atoms with Gasteiger partial charge in [-0.05, 0) is 54.8 Å². The lowest BCUT2D eigenvalue weighted by Gasteiger charge is -2.16. The molecule has 2 aromatic rings. The van der Waals surface area contributed by atoms with E-state index in [0.717, 1.165) is 26.9 Å². The van der Waals surface area contributed by atoms with Crippen LogP contribution >= 0.6 is 15.9 Å². The second-order valence-corrected chi connectivity index (χ2v) is 6.79. The number of halogens is 1. The van der Waals surface area contributed by atoms with Crippen molar-refractivity contribution in [1.29, 1.82) is 0 Å². The Labute approximate surface area is 156 Å². The van der Waals surface area contributed by atoms with Crippen molar-refractivity contribution in [3.05, 3.63) is 69.7 Å². The summed E-state index contributed by atoms with van der Waals surface area (Å²) in [7, 11) is 1.61. The fraction of sp³-hybridized carbons (Fsp3) is 0.200. The molecule has 5 heteroatoms. The van der Waals surface area contributed by atoms with Gasteiger partial charge in [0, 0.05) is 23.3 Å². The summed E-state index contributed by atoms with van der Waals surface area (Å²) in [5.74, 6) is -0.444. The Morgan fingerprint density at radius 1 is 1.12 bits per heavy atom. The molecule has 2 amide bonds. The van der Waals surface area contributed by atoms with Crippen LogP contribution < -0.4 is 5.32 Å². The highest BCUT2D eigenvalue weighted by atomic mass is 79.9. The van der Waals surface area contributed by atoms with Gasteiger partial charge in [0.25, 0.3) is 0 Å². The van der Waals surface area contributed by atoms with Crippen LogP contribution in [0.25, 0.3) is 6.08 Å². The van der Waals surface area contributed by atoms with E-state index in [1.807, 2.05) is 56.3 Å². The molecule has 130 valence electrons. The molecule has 0 saturated carbocycles. The van der Waals surface area contributed by atoms with Crippen LogP contribution in [0.3, 0.4) is 0 Å². The quantitative estimate of drug-likeness (QED) is 0.765. The van der Waals surface area contributed by atoms with Crippen molar-refractivity contribution in [2.75, 3.05) is 18.9 Å². The third kappa shape index (κ3) is 5.57. The van der Waals surface area contributed by atoms with Crippen molar-refractivity contribution in [3.63, 3.8) is 0 Å². The van der Waals surface area contributed by atoms with Crippen LogP contribution in [0.4, 0.5) is 5.69 Å². The molecular formula is C20H21BrN2O2. The average Bonchev–Trinajstić information content (AvgIpc) is 2.58. The van der Waals surface area contributed by atoms with Gasteiger partial charge in [0.05, 0.1) is 6.54 Å². The molecule has 0 aliphatic carbocycles. The molecule has 0 atom stereocenters. The Hall–Kier alpha value is -2.40. The van der Waals surface area contributed by atoms with Gasteiger partial charge in [0.1, 0.15) is 0 Å². The number of rotatable bonds is 5. The molecule has 0 aliphatic rings. The molecule has 0 fully saturated rings. The molecule has 0 spiro atoms. The number of carbonyl (C=O) groups excluding carboxylic acids is 2. The van der Waals surface area contributed by atoms with Crippen molar-refractivity contribution < 1.29 is 9.59 Å². The molecule has 0 heterocycles. The number of carbonyl (C=O) groups is 2. The SMILES string of the molecule is Cc1cccc(NC(=O)CN(C)C(=O)/C=C/c2ccc(Br)cc2)c1C. The highest BCUT2D eigenvalue weighted by Gasteiger charge is 2.12. The van der Waals surface area contributed by atoms with E-state index in [1.165, 1.54) is 11.0 Å². The van der Waals surface area contributed by atoms with E-state index in [-0.39, 0.29) is 18.4 Å². The maximum Gasteiger partial charge on any atom is 0.246 e. The van der Waals surface area contributed by atoms with E-state index < -0.39 is 0 Å². The van der Waals surface area contributed by atoms with Crippen LogP contribution in [0.5, 0.6) is 0 Å². The lowest BCUT2D eigenvalue weighted by molar-refractivity contribution is -0.129. The van der Waals surface area contributed by atoms with Crippen LogP contribution in [0.1, 0.15) is 16.7 Å². The van der Waals surface area contributed by atoms with Gasteiger partial charge in [0.2, 0.25) is 11.8 Å². The molecule has 0 saturated heterocycles. The summed E-state index contributed by atoms with van der Waals surface area (Å²) in [6, 6.07) is 13.4. The number of hydrogen-bond acceptors (Lipinski definition) is 2. The van der Waals surface area contributed by atoms with E-state index in [4.69, 9.17) is 0 Å². The van der Waals surface area contributed by atoms with Crippen LogP contribution in [-0.2, 0) is 9.59 Å². The minimum atomic E-state index is -0.223. The van der Waals surface area contributed by atoms with Gasteiger partial charge < -0.3 is 10.2 Å². The molecule has 0 bridgehead atoms. The van der Waals surface area contributed by atoms with E-state index >= 15 is 0 Å². The average molecular weight is 401 g/mol. The van der Waals surface area contributed by atoms with Gasteiger partial charge in [-0.3, -0.25) is 9.59 Å². The minimum absolute atomic E-state index is 0.00308. The summed E-state index contributed by atoms with van der Waals surface area (Å²) >= 11 is 3.37. The van der Waals surface area contributed by atoms with Gasteiger partial charge in [-0.2, -0.15) is 0 Å². The summed E-state index contributed by atoms with van der Waals surface area (Å²) in [6.45, 7) is 3.95. The number of amides is 2. The Morgan fingerprint density at radius 2 is 1.80 bits per heavy atom. The largest absolute Gasteiger partial charge is 0.333 e. The third-order valence-corrected chi connectivity index (χ3v) is 4.45. The summed E-state index contributed by atoms with van der Waals surface area (Å²) in [5, 5.41) is 2.85. The summed E-state index contributed by atoms with van der Waals surface area (Å²) in [4.78, 5) is 25.7. The summed E-state index contributed by atoms with van der Waals surface area (Å²) < 4.78 is 0.983. The van der Waals surface area contributed by atoms with Crippen LogP contribution in [-0.4, -0.2) is 30.3 Å².